The van der Waals surface area contributed by atoms with Gasteiger partial charge in [-0.2, -0.15) is 0 Å². The first kappa shape index (κ1) is 33.6. The summed E-state index contributed by atoms with van der Waals surface area (Å²) in [6, 6.07) is 13.2. The average Bonchev–Trinajstić information content (AvgIpc) is 3.32. The van der Waals surface area contributed by atoms with Gasteiger partial charge < -0.3 is 15.0 Å². The van der Waals surface area contributed by atoms with Crippen LogP contribution in [0.3, 0.4) is 0 Å². The van der Waals surface area contributed by atoms with Crippen molar-refractivity contribution in [3.63, 3.8) is 0 Å². The highest BCUT2D eigenvalue weighted by Gasteiger charge is 2.14. The van der Waals surface area contributed by atoms with Crippen LogP contribution >= 0.6 is 40.3 Å². The number of amides is 1. The molecule has 216 valence electrons. The molecule has 0 fully saturated rings. The largest absolute Gasteiger partial charge is 0.494 e. The standard InChI is InChI=1S/C32H45ClN2O2S.BrH/c1-3-4-5-6-7-8-9-10-11-12-13-14-20-37-29-18-19-31(30(33)22-29)34-32(36)28-17-15-16-27(21-28)23-35-25-38-24-26(35)2;/h15-19,21-22,24H,3-14,20,23,25H2,1-2H3,(H,34,36);1H. The van der Waals surface area contributed by atoms with Gasteiger partial charge in [0, 0.05) is 23.9 Å². The molecule has 1 heterocycles. The van der Waals surface area contributed by atoms with E-state index in [4.69, 9.17) is 16.3 Å². The lowest BCUT2D eigenvalue weighted by molar-refractivity contribution is 0.102. The lowest BCUT2D eigenvalue weighted by Crippen LogP contribution is -2.18. The van der Waals surface area contributed by atoms with Gasteiger partial charge in [-0.25, -0.2) is 0 Å². The Balaban J connectivity index is 0.00000533. The molecule has 39 heavy (non-hydrogen) atoms. The van der Waals surface area contributed by atoms with Gasteiger partial charge in [-0.1, -0.05) is 101 Å². The van der Waals surface area contributed by atoms with Crippen molar-refractivity contribution in [3.05, 3.63) is 69.7 Å². The van der Waals surface area contributed by atoms with Crippen LogP contribution in [-0.4, -0.2) is 23.3 Å². The predicted molar refractivity (Wildman–Crippen MR) is 175 cm³/mol. The minimum atomic E-state index is -0.165. The number of ether oxygens (including phenoxy) is 1. The molecule has 4 nitrogen and oxygen atoms in total. The smallest absolute Gasteiger partial charge is 0.255 e. The summed E-state index contributed by atoms with van der Waals surface area (Å²) in [7, 11) is 0. The van der Waals surface area contributed by atoms with E-state index in [0.717, 1.165) is 30.2 Å². The van der Waals surface area contributed by atoms with Gasteiger partial charge in [-0.05, 0) is 48.6 Å². The lowest BCUT2D eigenvalue weighted by atomic mass is 10.1. The number of rotatable bonds is 18. The van der Waals surface area contributed by atoms with Crippen LogP contribution in [0.1, 0.15) is 107 Å². The highest BCUT2D eigenvalue weighted by atomic mass is 79.9. The molecule has 0 atom stereocenters. The zero-order chi connectivity index (χ0) is 27.0. The highest BCUT2D eigenvalue weighted by Crippen LogP contribution is 2.28. The summed E-state index contributed by atoms with van der Waals surface area (Å²) >= 11 is 8.27. The van der Waals surface area contributed by atoms with Crippen molar-refractivity contribution in [2.45, 2.75) is 97.4 Å². The number of hydrogen-bond donors (Lipinski definition) is 1. The van der Waals surface area contributed by atoms with Crippen LogP contribution < -0.4 is 10.1 Å². The second-order valence-electron chi connectivity index (χ2n) is 10.3. The Labute approximate surface area is 256 Å². The van der Waals surface area contributed by atoms with Crippen LogP contribution in [0.2, 0.25) is 5.02 Å². The highest BCUT2D eigenvalue weighted by molar-refractivity contribution is 8.93. The van der Waals surface area contributed by atoms with Gasteiger partial charge >= 0.3 is 0 Å². The number of nitrogens with zero attached hydrogens (tertiary/aromatic N) is 1. The molecule has 0 radical (unpaired) electrons. The number of carbonyl (C=O) groups excluding carboxylic acids is 1. The molecule has 0 aliphatic carbocycles. The summed E-state index contributed by atoms with van der Waals surface area (Å²) in [5.41, 5.74) is 3.59. The van der Waals surface area contributed by atoms with E-state index in [-0.39, 0.29) is 22.9 Å². The van der Waals surface area contributed by atoms with Crippen LogP contribution in [0.4, 0.5) is 5.69 Å². The zero-order valence-corrected chi connectivity index (χ0v) is 27.0. The number of nitrogens with one attached hydrogen (secondary N) is 1. The van der Waals surface area contributed by atoms with Crippen molar-refractivity contribution in [3.8, 4) is 5.75 Å². The fraction of sp³-hybridized carbons (Fsp3) is 0.531. The summed E-state index contributed by atoms with van der Waals surface area (Å²) in [6.07, 6.45) is 15.9. The number of halogens is 2. The number of unbranched alkanes of at least 4 members (excludes halogenated alkanes) is 11. The number of benzene rings is 2. The first-order chi connectivity index (χ1) is 18.6. The van der Waals surface area contributed by atoms with Gasteiger partial charge in [0.15, 0.2) is 0 Å². The Bertz CT molecular complexity index is 1030. The number of allylic oxidation sites excluding steroid dienone is 1. The van der Waals surface area contributed by atoms with Crippen molar-refractivity contribution in [1.82, 2.24) is 4.90 Å². The van der Waals surface area contributed by atoms with Crippen LogP contribution in [0.25, 0.3) is 0 Å². The molecule has 2 aromatic carbocycles. The van der Waals surface area contributed by atoms with Crippen molar-refractivity contribution in [2.75, 3.05) is 17.8 Å². The monoisotopic (exact) mass is 636 g/mol. The van der Waals surface area contributed by atoms with Crippen LogP contribution in [0.5, 0.6) is 5.75 Å². The average molecular weight is 638 g/mol. The molecule has 1 aliphatic heterocycles. The summed E-state index contributed by atoms with van der Waals surface area (Å²) in [5, 5.41) is 5.60. The number of anilines is 1. The van der Waals surface area contributed by atoms with Crippen molar-refractivity contribution in [1.29, 1.82) is 0 Å². The molecular formula is C32H46BrClN2O2S. The normalized spacial score (nSPS) is 12.7. The maximum atomic E-state index is 12.9. The van der Waals surface area contributed by atoms with Crippen molar-refractivity contribution in [2.24, 2.45) is 0 Å². The third-order valence-corrected chi connectivity index (χ3v) is 8.28. The second-order valence-corrected chi connectivity index (χ2v) is 11.5. The lowest BCUT2D eigenvalue weighted by Gasteiger charge is -2.19. The summed E-state index contributed by atoms with van der Waals surface area (Å²) in [5.74, 6) is 1.53. The predicted octanol–water partition coefficient (Wildman–Crippen LogP) is 10.6. The van der Waals surface area contributed by atoms with Crippen LogP contribution in [-0.2, 0) is 6.54 Å². The van der Waals surface area contributed by atoms with E-state index in [1.165, 1.54) is 76.3 Å². The maximum absolute atomic E-state index is 12.9. The maximum Gasteiger partial charge on any atom is 0.255 e. The van der Waals surface area contributed by atoms with E-state index in [2.05, 4.69) is 35.5 Å². The van der Waals surface area contributed by atoms with Crippen molar-refractivity contribution >= 4 is 51.9 Å². The molecule has 1 N–H and O–H groups in total. The molecule has 1 amide bonds. The van der Waals surface area contributed by atoms with E-state index in [1.54, 1.807) is 17.8 Å². The molecule has 0 saturated carbocycles. The van der Waals surface area contributed by atoms with Gasteiger partial charge in [0.1, 0.15) is 5.75 Å². The Morgan fingerprint density at radius 1 is 0.949 bits per heavy atom. The minimum absolute atomic E-state index is 0. The van der Waals surface area contributed by atoms with Gasteiger partial charge in [0.05, 0.1) is 23.2 Å². The third kappa shape index (κ3) is 12.6. The number of hydrogen-bond acceptors (Lipinski definition) is 4. The molecule has 2 aromatic rings. The molecular weight excluding hydrogens is 592 g/mol. The fourth-order valence-corrected chi connectivity index (χ4v) is 5.80. The van der Waals surface area contributed by atoms with Gasteiger partial charge in [-0.3, -0.25) is 4.79 Å². The van der Waals surface area contributed by atoms with E-state index < -0.39 is 0 Å². The van der Waals surface area contributed by atoms with Crippen LogP contribution in [0, 0.1) is 0 Å². The summed E-state index contributed by atoms with van der Waals surface area (Å²) < 4.78 is 5.90. The Morgan fingerprint density at radius 2 is 1.62 bits per heavy atom. The molecule has 0 bridgehead atoms. The summed E-state index contributed by atoms with van der Waals surface area (Å²) in [4.78, 5) is 15.2. The van der Waals surface area contributed by atoms with E-state index in [1.807, 2.05) is 30.3 Å². The molecule has 0 saturated heterocycles. The molecule has 0 unspecified atom stereocenters. The van der Waals surface area contributed by atoms with Gasteiger partial charge in [0.2, 0.25) is 0 Å². The molecule has 0 aromatic heterocycles. The van der Waals surface area contributed by atoms with E-state index in [0.29, 0.717) is 22.9 Å². The first-order valence-electron chi connectivity index (χ1n) is 14.4. The SMILES string of the molecule is Br.CCCCCCCCCCCCCCOc1ccc(NC(=O)c2cccc(CN3CSC=C3C)c2)c(Cl)c1. The Hall–Kier alpha value is -1.63. The molecule has 1 aliphatic rings. The van der Waals surface area contributed by atoms with Crippen LogP contribution in [0.15, 0.2) is 53.6 Å². The van der Waals surface area contributed by atoms with Gasteiger partial charge in [-0.15, -0.1) is 28.7 Å². The second kappa shape index (κ2) is 19.4. The zero-order valence-electron chi connectivity index (χ0n) is 23.7. The topological polar surface area (TPSA) is 41.6 Å². The quantitative estimate of drug-likeness (QED) is 0.165. The summed E-state index contributed by atoms with van der Waals surface area (Å²) in [6.45, 7) is 5.87. The Kier molecular flexibility index (Phi) is 16.7. The Morgan fingerprint density at radius 3 is 2.23 bits per heavy atom. The molecule has 3 rings (SSSR count). The van der Waals surface area contributed by atoms with E-state index in [9.17, 15) is 4.79 Å². The molecule has 7 heteroatoms. The van der Waals surface area contributed by atoms with Crippen molar-refractivity contribution < 1.29 is 9.53 Å². The number of thioether (sulfide) groups is 1. The minimum Gasteiger partial charge on any atom is -0.494 e. The third-order valence-electron chi connectivity index (χ3n) is 7.00. The first-order valence-corrected chi connectivity index (χ1v) is 15.9. The van der Waals surface area contributed by atoms with Gasteiger partial charge in [0.25, 0.3) is 5.91 Å². The fourth-order valence-electron chi connectivity index (χ4n) is 4.64. The van der Waals surface area contributed by atoms with E-state index >= 15 is 0 Å². The number of carbonyl (C=O) groups is 1. The molecule has 0 spiro atoms.